The van der Waals surface area contributed by atoms with Crippen LogP contribution in [0.2, 0.25) is 0 Å². The van der Waals surface area contributed by atoms with Crippen LogP contribution in [-0.2, 0) is 0 Å². The van der Waals surface area contributed by atoms with E-state index in [1.54, 1.807) is 7.11 Å². The van der Waals surface area contributed by atoms with Crippen LogP contribution in [0.1, 0.15) is 42.7 Å². The Balaban J connectivity index is 2.28. The van der Waals surface area contributed by atoms with E-state index in [4.69, 9.17) is 4.74 Å². The second-order valence-electron chi connectivity index (χ2n) is 5.62. The summed E-state index contributed by atoms with van der Waals surface area (Å²) in [5, 5.41) is 0. The van der Waals surface area contributed by atoms with E-state index in [0.717, 1.165) is 11.3 Å². The molecule has 0 saturated carbocycles. The van der Waals surface area contributed by atoms with Gasteiger partial charge in [0.25, 0.3) is 5.91 Å². The zero-order chi connectivity index (χ0) is 16.1. The van der Waals surface area contributed by atoms with E-state index in [1.165, 1.54) is 0 Å². The lowest BCUT2D eigenvalue weighted by Crippen LogP contribution is -2.39. The van der Waals surface area contributed by atoms with Crippen LogP contribution in [0.15, 0.2) is 54.6 Å². The van der Waals surface area contributed by atoms with E-state index in [1.807, 2.05) is 61.2 Å². The van der Waals surface area contributed by atoms with Crippen LogP contribution >= 0.6 is 0 Å². The molecule has 0 N–H and O–H groups in total. The molecule has 2 aromatic rings. The van der Waals surface area contributed by atoms with Gasteiger partial charge in [-0.2, -0.15) is 0 Å². The molecule has 0 aliphatic carbocycles. The van der Waals surface area contributed by atoms with E-state index in [2.05, 4.69) is 19.1 Å². The maximum Gasteiger partial charge on any atom is 0.254 e. The molecule has 0 heterocycles. The minimum atomic E-state index is 0.0239. The van der Waals surface area contributed by atoms with E-state index in [-0.39, 0.29) is 18.0 Å². The fourth-order valence-electron chi connectivity index (χ4n) is 2.63. The van der Waals surface area contributed by atoms with Gasteiger partial charge in [0.15, 0.2) is 0 Å². The minimum Gasteiger partial charge on any atom is -0.497 e. The number of amides is 1. The van der Waals surface area contributed by atoms with Crippen molar-refractivity contribution < 1.29 is 9.53 Å². The Bertz CT molecular complexity index is 605. The summed E-state index contributed by atoms with van der Waals surface area (Å²) in [4.78, 5) is 14.8. The molecule has 0 radical (unpaired) electrons. The monoisotopic (exact) mass is 297 g/mol. The van der Waals surface area contributed by atoms with Gasteiger partial charge in [0.05, 0.1) is 13.2 Å². The molecule has 0 bridgehead atoms. The largest absolute Gasteiger partial charge is 0.497 e. The summed E-state index contributed by atoms with van der Waals surface area (Å²) in [5.41, 5.74) is 1.82. The molecule has 2 aromatic carbocycles. The van der Waals surface area contributed by atoms with E-state index in [9.17, 15) is 4.79 Å². The normalized spacial score (nSPS) is 12.0. The van der Waals surface area contributed by atoms with Gasteiger partial charge in [0.2, 0.25) is 0 Å². The first-order valence-corrected chi connectivity index (χ1v) is 7.56. The topological polar surface area (TPSA) is 29.5 Å². The minimum absolute atomic E-state index is 0.0239. The first-order valence-electron chi connectivity index (χ1n) is 7.56. The number of carbonyl (C=O) groups excluding carboxylic acids is 1. The number of benzene rings is 2. The molecule has 0 saturated heterocycles. The van der Waals surface area contributed by atoms with Gasteiger partial charge < -0.3 is 9.64 Å². The maximum atomic E-state index is 12.9. The predicted octanol–water partition coefficient (Wildman–Crippen LogP) is 4.31. The van der Waals surface area contributed by atoms with Crippen molar-refractivity contribution >= 4 is 5.91 Å². The zero-order valence-electron chi connectivity index (χ0n) is 13.6. The summed E-state index contributed by atoms with van der Waals surface area (Å²) in [6.45, 7) is 6.15. The molecule has 1 amide bonds. The maximum absolute atomic E-state index is 12.9. The molecule has 0 fully saturated rings. The van der Waals surface area contributed by atoms with Crippen LogP contribution in [-0.4, -0.2) is 24.0 Å². The van der Waals surface area contributed by atoms with Gasteiger partial charge in [-0.25, -0.2) is 0 Å². The van der Waals surface area contributed by atoms with Crippen molar-refractivity contribution in [2.45, 2.75) is 32.9 Å². The lowest BCUT2D eigenvalue weighted by molar-refractivity contribution is 0.0624. The molecule has 3 heteroatoms. The summed E-state index contributed by atoms with van der Waals surface area (Å²) in [6.07, 6.45) is 0. The smallest absolute Gasteiger partial charge is 0.254 e. The van der Waals surface area contributed by atoms with Gasteiger partial charge in [0.1, 0.15) is 5.75 Å². The SMILES string of the molecule is COc1ccc(C(=O)N(C(C)C)[C@H](C)c2ccccc2)cc1. The Morgan fingerprint density at radius 2 is 1.55 bits per heavy atom. The highest BCUT2D eigenvalue weighted by Gasteiger charge is 2.25. The van der Waals surface area contributed by atoms with Crippen LogP contribution in [0.5, 0.6) is 5.75 Å². The summed E-state index contributed by atoms with van der Waals surface area (Å²) in [6, 6.07) is 17.5. The highest BCUT2D eigenvalue weighted by atomic mass is 16.5. The molecule has 22 heavy (non-hydrogen) atoms. The van der Waals surface area contributed by atoms with Gasteiger partial charge in [-0.15, -0.1) is 0 Å². The molecule has 0 spiro atoms. The predicted molar refractivity (Wildman–Crippen MR) is 89.2 cm³/mol. The highest BCUT2D eigenvalue weighted by Crippen LogP contribution is 2.25. The average Bonchev–Trinajstić information content (AvgIpc) is 2.55. The fourth-order valence-corrected chi connectivity index (χ4v) is 2.63. The fraction of sp³-hybridized carbons (Fsp3) is 0.316. The highest BCUT2D eigenvalue weighted by molar-refractivity contribution is 5.94. The van der Waals surface area contributed by atoms with E-state index >= 15 is 0 Å². The molecule has 3 nitrogen and oxygen atoms in total. The van der Waals surface area contributed by atoms with Gasteiger partial charge in [-0.3, -0.25) is 4.79 Å². The third kappa shape index (κ3) is 3.48. The number of ether oxygens (including phenoxy) is 1. The van der Waals surface area contributed by atoms with Crippen LogP contribution in [0.3, 0.4) is 0 Å². The van der Waals surface area contributed by atoms with Crippen molar-refractivity contribution in [2.24, 2.45) is 0 Å². The lowest BCUT2D eigenvalue weighted by Gasteiger charge is -2.33. The average molecular weight is 297 g/mol. The van der Waals surface area contributed by atoms with Crippen LogP contribution in [0.25, 0.3) is 0 Å². The Hall–Kier alpha value is -2.29. The standard InChI is InChI=1S/C19H23NO2/c1-14(2)20(15(3)16-8-6-5-7-9-16)19(21)17-10-12-18(22-4)13-11-17/h5-15H,1-4H3/t15-/m1/s1. The second kappa shape index (κ2) is 7.12. The first-order chi connectivity index (χ1) is 10.5. The quantitative estimate of drug-likeness (QED) is 0.823. The Kier molecular flexibility index (Phi) is 5.21. The number of nitrogens with zero attached hydrogens (tertiary/aromatic N) is 1. The zero-order valence-corrected chi connectivity index (χ0v) is 13.6. The van der Waals surface area contributed by atoms with Crippen molar-refractivity contribution in [3.8, 4) is 5.75 Å². The van der Waals surface area contributed by atoms with E-state index < -0.39 is 0 Å². The van der Waals surface area contributed by atoms with Crippen molar-refractivity contribution in [1.82, 2.24) is 4.90 Å². The third-order valence-corrected chi connectivity index (χ3v) is 3.83. The van der Waals surface area contributed by atoms with E-state index in [0.29, 0.717) is 5.56 Å². The second-order valence-corrected chi connectivity index (χ2v) is 5.62. The number of hydrogen-bond acceptors (Lipinski definition) is 2. The summed E-state index contributed by atoms with van der Waals surface area (Å²) in [7, 11) is 1.62. The summed E-state index contributed by atoms with van der Waals surface area (Å²) in [5.74, 6) is 0.790. The van der Waals surface area contributed by atoms with Gasteiger partial charge in [0, 0.05) is 11.6 Å². The van der Waals surface area contributed by atoms with Crippen molar-refractivity contribution in [2.75, 3.05) is 7.11 Å². The molecular weight excluding hydrogens is 274 g/mol. The Morgan fingerprint density at radius 1 is 0.955 bits per heavy atom. The van der Waals surface area contributed by atoms with Crippen LogP contribution in [0.4, 0.5) is 0 Å². The number of hydrogen-bond donors (Lipinski definition) is 0. The van der Waals surface area contributed by atoms with Crippen LogP contribution in [0, 0.1) is 0 Å². The molecule has 0 aliphatic rings. The van der Waals surface area contributed by atoms with Crippen molar-refractivity contribution in [1.29, 1.82) is 0 Å². The molecule has 0 unspecified atom stereocenters. The summed E-state index contributed by atoms with van der Waals surface area (Å²) >= 11 is 0. The molecule has 116 valence electrons. The van der Waals surface area contributed by atoms with Gasteiger partial charge >= 0.3 is 0 Å². The molecule has 1 atom stereocenters. The molecule has 2 rings (SSSR count). The van der Waals surface area contributed by atoms with Crippen LogP contribution < -0.4 is 4.74 Å². The molecule has 0 aliphatic heterocycles. The third-order valence-electron chi connectivity index (χ3n) is 3.83. The Labute approximate surface area is 132 Å². The Morgan fingerprint density at radius 3 is 2.05 bits per heavy atom. The summed E-state index contributed by atoms with van der Waals surface area (Å²) < 4.78 is 5.15. The first kappa shape index (κ1) is 16.1. The van der Waals surface area contributed by atoms with Gasteiger partial charge in [-0.1, -0.05) is 30.3 Å². The molecular formula is C19H23NO2. The van der Waals surface area contributed by atoms with Crippen molar-refractivity contribution in [3.05, 3.63) is 65.7 Å². The number of carbonyl (C=O) groups is 1. The molecule has 0 aromatic heterocycles. The van der Waals surface area contributed by atoms with Gasteiger partial charge in [-0.05, 0) is 50.6 Å². The van der Waals surface area contributed by atoms with Crippen molar-refractivity contribution in [3.63, 3.8) is 0 Å². The number of rotatable bonds is 5. The lowest BCUT2D eigenvalue weighted by atomic mass is 10.0. The number of methoxy groups -OCH3 is 1.